The third kappa shape index (κ3) is 3.15. The number of carbonyl (C=O) groups excluding carboxylic acids is 1. The fourth-order valence-electron chi connectivity index (χ4n) is 4.50. The summed E-state index contributed by atoms with van der Waals surface area (Å²) in [6, 6.07) is 12.2. The van der Waals surface area contributed by atoms with Crippen LogP contribution in [0.3, 0.4) is 0 Å². The van der Waals surface area contributed by atoms with E-state index in [0.717, 1.165) is 65.0 Å². The number of carbonyl (C=O) groups is 1. The number of aryl methyl sites for hydroxylation is 2. The van der Waals surface area contributed by atoms with Gasteiger partial charge in [-0.1, -0.05) is 6.07 Å². The molecule has 29 heavy (non-hydrogen) atoms. The molecule has 0 saturated carbocycles. The number of benzene rings is 2. The molecule has 5 heteroatoms. The van der Waals surface area contributed by atoms with Crippen molar-refractivity contribution in [2.24, 2.45) is 0 Å². The van der Waals surface area contributed by atoms with Crippen LogP contribution in [0.25, 0.3) is 10.9 Å². The number of nitrogens with zero attached hydrogens (tertiary/aromatic N) is 1. The van der Waals surface area contributed by atoms with Gasteiger partial charge < -0.3 is 19.4 Å². The number of aromatic amines is 1. The van der Waals surface area contributed by atoms with Gasteiger partial charge in [0.2, 0.25) is 0 Å². The molecule has 3 heterocycles. The number of H-pyrrole nitrogens is 1. The highest BCUT2D eigenvalue weighted by atomic mass is 16.5. The van der Waals surface area contributed by atoms with E-state index in [2.05, 4.69) is 31.0 Å². The Kier molecular flexibility index (Phi) is 4.46. The van der Waals surface area contributed by atoms with Crippen LogP contribution in [0.4, 0.5) is 0 Å². The van der Waals surface area contributed by atoms with Gasteiger partial charge in [0, 0.05) is 35.1 Å². The normalized spacial score (nSPS) is 18.8. The van der Waals surface area contributed by atoms with Gasteiger partial charge in [0.25, 0.3) is 5.91 Å². The minimum absolute atomic E-state index is 0.0735. The largest absolute Gasteiger partial charge is 0.490 e. The fourth-order valence-corrected chi connectivity index (χ4v) is 4.50. The molecule has 1 amide bonds. The van der Waals surface area contributed by atoms with E-state index in [0.29, 0.717) is 13.2 Å². The molecule has 1 aromatic heterocycles. The molecule has 2 aromatic carbocycles. The molecule has 0 aliphatic carbocycles. The minimum atomic E-state index is 0.0735. The summed E-state index contributed by atoms with van der Waals surface area (Å²) in [5, 5.41) is 1.12. The molecular weight excluding hydrogens is 364 g/mol. The molecule has 1 atom stereocenters. The molecule has 2 aliphatic rings. The molecule has 0 spiro atoms. The Labute approximate surface area is 170 Å². The Morgan fingerprint density at radius 1 is 1.03 bits per heavy atom. The van der Waals surface area contributed by atoms with E-state index in [1.807, 2.05) is 29.2 Å². The molecule has 1 N–H and O–H groups in total. The summed E-state index contributed by atoms with van der Waals surface area (Å²) in [6.07, 6.45) is 2.86. The zero-order valence-corrected chi connectivity index (χ0v) is 17.0. The smallest absolute Gasteiger partial charge is 0.254 e. The first-order valence-electron chi connectivity index (χ1n) is 10.4. The predicted molar refractivity (Wildman–Crippen MR) is 113 cm³/mol. The highest BCUT2D eigenvalue weighted by molar-refractivity contribution is 5.99. The summed E-state index contributed by atoms with van der Waals surface area (Å²) in [4.78, 5) is 18.8. The molecule has 3 aromatic rings. The first-order valence-corrected chi connectivity index (χ1v) is 10.4. The van der Waals surface area contributed by atoms with Gasteiger partial charge in [0.15, 0.2) is 11.5 Å². The van der Waals surface area contributed by atoms with Crippen molar-refractivity contribution in [1.82, 2.24) is 9.88 Å². The summed E-state index contributed by atoms with van der Waals surface area (Å²) in [7, 11) is 0. The lowest BCUT2D eigenvalue weighted by Gasteiger charge is -2.26. The maximum Gasteiger partial charge on any atom is 0.254 e. The van der Waals surface area contributed by atoms with Crippen LogP contribution in [-0.4, -0.2) is 35.5 Å². The summed E-state index contributed by atoms with van der Waals surface area (Å²) in [5.41, 5.74) is 5.31. The fraction of sp³-hybridized carbons (Fsp3) is 0.375. The van der Waals surface area contributed by atoms with Crippen molar-refractivity contribution < 1.29 is 14.3 Å². The van der Waals surface area contributed by atoms with Crippen molar-refractivity contribution in [2.45, 2.75) is 39.2 Å². The third-order valence-corrected chi connectivity index (χ3v) is 6.23. The van der Waals surface area contributed by atoms with E-state index in [-0.39, 0.29) is 11.9 Å². The van der Waals surface area contributed by atoms with E-state index < -0.39 is 0 Å². The van der Waals surface area contributed by atoms with E-state index in [1.165, 1.54) is 5.56 Å². The summed E-state index contributed by atoms with van der Waals surface area (Å²) in [5.74, 6) is 1.68. The lowest BCUT2D eigenvalue weighted by atomic mass is 10.0. The summed E-state index contributed by atoms with van der Waals surface area (Å²) in [6.45, 7) is 6.29. The number of likely N-dealkylation sites (tertiary alicyclic amines) is 1. The lowest BCUT2D eigenvalue weighted by molar-refractivity contribution is 0.0735. The standard InChI is InChI=1S/C24H26N2O3/c1-15-16(2)25-20-8-6-18(13-19(15)20)24(27)26-10-3-5-21(26)17-7-9-22-23(14-17)29-12-4-11-28-22/h6-9,13-14,21,25H,3-5,10-12H2,1-2H3. The zero-order chi connectivity index (χ0) is 20.0. The maximum atomic E-state index is 13.4. The lowest BCUT2D eigenvalue weighted by Crippen LogP contribution is -2.30. The van der Waals surface area contributed by atoms with Gasteiger partial charge >= 0.3 is 0 Å². The number of hydrogen-bond donors (Lipinski definition) is 1. The number of fused-ring (bicyclic) bond motifs is 2. The topological polar surface area (TPSA) is 54.6 Å². The van der Waals surface area contributed by atoms with Crippen LogP contribution in [0.5, 0.6) is 11.5 Å². The van der Waals surface area contributed by atoms with Crippen LogP contribution in [0, 0.1) is 13.8 Å². The average molecular weight is 390 g/mol. The van der Waals surface area contributed by atoms with Crippen molar-refractivity contribution >= 4 is 16.8 Å². The second-order valence-corrected chi connectivity index (χ2v) is 8.05. The van der Waals surface area contributed by atoms with Gasteiger partial charge in [0.05, 0.1) is 19.3 Å². The third-order valence-electron chi connectivity index (χ3n) is 6.23. The molecule has 0 radical (unpaired) electrons. The van der Waals surface area contributed by atoms with Gasteiger partial charge in [0.1, 0.15) is 0 Å². The number of amides is 1. The molecule has 150 valence electrons. The second-order valence-electron chi connectivity index (χ2n) is 8.05. The van der Waals surface area contributed by atoms with Gasteiger partial charge in [-0.3, -0.25) is 4.79 Å². The molecule has 0 bridgehead atoms. The highest BCUT2D eigenvalue weighted by Gasteiger charge is 2.31. The Bertz CT molecular complexity index is 1090. The molecule has 1 saturated heterocycles. The van der Waals surface area contributed by atoms with Crippen LogP contribution < -0.4 is 9.47 Å². The number of ether oxygens (including phenoxy) is 2. The molecule has 5 nitrogen and oxygen atoms in total. The van der Waals surface area contributed by atoms with Gasteiger partial charge in [-0.15, -0.1) is 0 Å². The number of aromatic nitrogens is 1. The van der Waals surface area contributed by atoms with Crippen LogP contribution in [0.1, 0.15) is 52.5 Å². The average Bonchev–Trinajstić information content (AvgIpc) is 3.24. The first kappa shape index (κ1) is 18.1. The Morgan fingerprint density at radius 2 is 1.86 bits per heavy atom. The van der Waals surface area contributed by atoms with Crippen molar-refractivity contribution in [3.63, 3.8) is 0 Å². The molecule has 1 fully saturated rings. The number of nitrogens with one attached hydrogen (secondary N) is 1. The SMILES string of the molecule is Cc1[nH]c2ccc(C(=O)N3CCCC3c3ccc4c(c3)OCCCO4)cc2c1C. The number of hydrogen-bond acceptors (Lipinski definition) is 3. The summed E-state index contributed by atoms with van der Waals surface area (Å²) < 4.78 is 11.6. The first-order chi connectivity index (χ1) is 14.1. The van der Waals surface area contributed by atoms with E-state index in [1.54, 1.807) is 0 Å². The molecular formula is C24H26N2O3. The Morgan fingerprint density at radius 3 is 2.72 bits per heavy atom. The second kappa shape index (κ2) is 7.14. The molecule has 1 unspecified atom stereocenters. The van der Waals surface area contributed by atoms with E-state index in [4.69, 9.17) is 9.47 Å². The van der Waals surface area contributed by atoms with Crippen LogP contribution >= 0.6 is 0 Å². The zero-order valence-electron chi connectivity index (χ0n) is 17.0. The van der Waals surface area contributed by atoms with Crippen molar-refractivity contribution in [3.8, 4) is 11.5 Å². The van der Waals surface area contributed by atoms with E-state index in [9.17, 15) is 4.79 Å². The maximum absolute atomic E-state index is 13.4. The minimum Gasteiger partial charge on any atom is -0.490 e. The highest BCUT2D eigenvalue weighted by Crippen LogP contribution is 2.38. The predicted octanol–water partition coefficient (Wildman–Crippen LogP) is 4.92. The molecule has 2 aliphatic heterocycles. The quantitative estimate of drug-likeness (QED) is 0.675. The van der Waals surface area contributed by atoms with Gasteiger partial charge in [-0.05, 0) is 68.1 Å². The van der Waals surface area contributed by atoms with Crippen molar-refractivity contribution in [1.29, 1.82) is 0 Å². The molecule has 5 rings (SSSR count). The van der Waals surface area contributed by atoms with E-state index >= 15 is 0 Å². The van der Waals surface area contributed by atoms with Crippen molar-refractivity contribution in [3.05, 3.63) is 58.8 Å². The number of rotatable bonds is 2. The summed E-state index contributed by atoms with van der Waals surface area (Å²) >= 11 is 0. The van der Waals surface area contributed by atoms with Crippen LogP contribution in [-0.2, 0) is 0 Å². The Hall–Kier alpha value is -2.95. The monoisotopic (exact) mass is 390 g/mol. The van der Waals surface area contributed by atoms with Gasteiger partial charge in [-0.2, -0.15) is 0 Å². The van der Waals surface area contributed by atoms with Gasteiger partial charge in [-0.25, -0.2) is 0 Å². The Balaban J connectivity index is 1.45. The van der Waals surface area contributed by atoms with Crippen LogP contribution in [0.2, 0.25) is 0 Å². The van der Waals surface area contributed by atoms with Crippen molar-refractivity contribution in [2.75, 3.05) is 19.8 Å². The van der Waals surface area contributed by atoms with Crippen LogP contribution in [0.15, 0.2) is 36.4 Å².